The van der Waals surface area contributed by atoms with Crippen molar-refractivity contribution in [2.75, 3.05) is 19.8 Å². The number of carboxylic acid groups (broad SMARTS) is 1. The molecule has 0 atom stereocenters. The van der Waals surface area contributed by atoms with E-state index >= 15 is 0 Å². The van der Waals surface area contributed by atoms with Gasteiger partial charge in [-0.05, 0) is 75.6 Å². The molecule has 0 radical (unpaired) electrons. The number of ether oxygens (including phenoxy) is 4. The first kappa shape index (κ1) is 27.9. The summed E-state index contributed by atoms with van der Waals surface area (Å²) in [6.07, 6.45) is 6.42. The van der Waals surface area contributed by atoms with E-state index in [0.717, 1.165) is 31.8 Å². The number of carbonyl (C=O) groups is 4. The predicted molar refractivity (Wildman–Crippen MR) is 126 cm³/mol. The van der Waals surface area contributed by atoms with Crippen LogP contribution < -0.4 is 4.74 Å². The second-order valence-electron chi connectivity index (χ2n) is 8.35. The minimum Gasteiger partial charge on any atom is -0.494 e. The van der Waals surface area contributed by atoms with Crippen LogP contribution in [0.15, 0.2) is 36.9 Å². The van der Waals surface area contributed by atoms with Crippen LogP contribution in [0.3, 0.4) is 0 Å². The van der Waals surface area contributed by atoms with Crippen molar-refractivity contribution in [2.45, 2.75) is 63.9 Å². The minimum absolute atomic E-state index is 0.0152. The fourth-order valence-electron chi connectivity index (χ4n) is 3.63. The van der Waals surface area contributed by atoms with Gasteiger partial charge in [-0.25, -0.2) is 9.59 Å². The lowest BCUT2D eigenvalue weighted by Crippen LogP contribution is -2.27. The number of benzene rings is 1. The van der Waals surface area contributed by atoms with Gasteiger partial charge in [-0.1, -0.05) is 6.58 Å². The molecule has 0 spiro atoms. The minimum atomic E-state index is -0.784. The average molecular weight is 491 g/mol. The van der Waals surface area contributed by atoms with Crippen LogP contribution in [-0.4, -0.2) is 54.9 Å². The van der Waals surface area contributed by atoms with Gasteiger partial charge in [0.05, 0.1) is 31.1 Å². The van der Waals surface area contributed by atoms with E-state index < -0.39 is 23.9 Å². The smallest absolute Gasteiger partial charge is 0.338 e. The fourth-order valence-corrected chi connectivity index (χ4v) is 3.63. The Morgan fingerprint density at radius 2 is 1.54 bits per heavy atom. The molecule has 1 fully saturated rings. The third-order valence-corrected chi connectivity index (χ3v) is 5.67. The largest absolute Gasteiger partial charge is 0.494 e. The highest BCUT2D eigenvalue weighted by Crippen LogP contribution is 2.27. The molecule has 35 heavy (non-hydrogen) atoms. The number of esters is 3. The van der Waals surface area contributed by atoms with Crippen molar-refractivity contribution < 1.29 is 43.2 Å². The summed E-state index contributed by atoms with van der Waals surface area (Å²) in [5, 5.41) is 9.05. The maximum absolute atomic E-state index is 12.3. The van der Waals surface area contributed by atoms with Crippen molar-refractivity contribution in [2.24, 2.45) is 5.92 Å². The number of hydrogen-bond donors (Lipinski definition) is 1. The van der Waals surface area contributed by atoms with Gasteiger partial charge in [0.2, 0.25) is 0 Å². The van der Waals surface area contributed by atoms with Gasteiger partial charge >= 0.3 is 23.9 Å². The van der Waals surface area contributed by atoms with Gasteiger partial charge in [0, 0.05) is 6.08 Å². The quantitative estimate of drug-likeness (QED) is 0.167. The fraction of sp³-hybridized carbons (Fsp3) is 0.538. The molecule has 1 aliphatic carbocycles. The zero-order valence-corrected chi connectivity index (χ0v) is 19.9. The highest BCUT2D eigenvalue weighted by Gasteiger charge is 2.28. The number of carbonyl (C=O) groups excluding carboxylic acids is 3. The van der Waals surface area contributed by atoms with Gasteiger partial charge in [0.15, 0.2) is 0 Å². The van der Waals surface area contributed by atoms with Crippen LogP contribution in [0.4, 0.5) is 0 Å². The molecule has 1 aliphatic rings. The first-order chi connectivity index (χ1) is 16.9. The van der Waals surface area contributed by atoms with Crippen molar-refractivity contribution in [3.63, 3.8) is 0 Å². The average Bonchev–Trinajstić information content (AvgIpc) is 2.86. The van der Waals surface area contributed by atoms with Crippen LogP contribution in [0.1, 0.15) is 68.1 Å². The Morgan fingerprint density at radius 1 is 0.886 bits per heavy atom. The highest BCUT2D eigenvalue weighted by molar-refractivity contribution is 5.89. The van der Waals surface area contributed by atoms with E-state index in [-0.39, 0.29) is 25.0 Å². The summed E-state index contributed by atoms with van der Waals surface area (Å²) in [6.45, 7) is 4.12. The lowest BCUT2D eigenvalue weighted by molar-refractivity contribution is -0.147. The number of carboxylic acids is 1. The van der Waals surface area contributed by atoms with E-state index in [9.17, 15) is 19.2 Å². The molecule has 1 aromatic carbocycles. The molecule has 0 heterocycles. The Kier molecular flexibility index (Phi) is 12.4. The van der Waals surface area contributed by atoms with Gasteiger partial charge < -0.3 is 24.1 Å². The Labute approximate surface area is 205 Å². The Balaban J connectivity index is 1.51. The Bertz CT molecular complexity index is 839. The molecule has 0 saturated heterocycles. The second kappa shape index (κ2) is 15.5. The summed E-state index contributed by atoms with van der Waals surface area (Å²) in [5.74, 6) is -1.84. The first-order valence-corrected chi connectivity index (χ1v) is 12.0. The van der Waals surface area contributed by atoms with Crippen molar-refractivity contribution in [1.29, 1.82) is 0 Å². The van der Waals surface area contributed by atoms with Gasteiger partial charge in [0.1, 0.15) is 18.5 Å². The Hall–Kier alpha value is -3.36. The molecule has 0 aliphatic heterocycles. The molecule has 0 aromatic heterocycles. The molecule has 1 N–H and O–H groups in total. The van der Waals surface area contributed by atoms with E-state index in [1.54, 1.807) is 24.3 Å². The molecule has 2 rings (SSSR count). The molecule has 0 bridgehead atoms. The van der Waals surface area contributed by atoms with E-state index in [2.05, 4.69) is 6.58 Å². The van der Waals surface area contributed by atoms with Crippen LogP contribution in [0.25, 0.3) is 0 Å². The van der Waals surface area contributed by atoms with Gasteiger partial charge in [-0.15, -0.1) is 0 Å². The molecule has 192 valence electrons. The second-order valence-corrected chi connectivity index (χ2v) is 8.35. The van der Waals surface area contributed by atoms with Gasteiger partial charge in [0.25, 0.3) is 0 Å². The summed E-state index contributed by atoms with van der Waals surface area (Å²) in [6, 6.07) is 6.77. The lowest BCUT2D eigenvalue weighted by Gasteiger charge is -2.25. The van der Waals surface area contributed by atoms with Crippen LogP contribution in [0, 0.1) is 5.92 Å². The van der Waals surface area contributed by atoms with Crippen molar-refractivity contribution in [3.8, 4) is 5.75 Å². The normalized spacial score (nSPS) is 17.1. The summed E-state index contributed by atoms with van der Waals surface area (Å²) < 4.78 is 21.0. The molecule has 9 heteroatoms. The van der Waals surface area contributed by atoms with Crippen molar-refractivity contribution >= 4 is 23.9 Å². The molecule has 1 aromatic rings. The van der Waals surface area contributed by atoms with E-state index in [4.69, 9.17) is 24.1 Å². The van der Waals surface area contributed by atoms with Gasteiger partial charge in [-0.3, -0.25) is 9.59 Å². The third-order valence-electron chi connectivity index (χ3n) is 5.67. The summed E-state index contributed by atoms with van der Waals surface area (Å²) in [5.41, 5.74) is 0.436. The van der Waals surface area contributed by atoms with E-state index in [1.165, 1.54) is 0 Å². The molecular weight excluding hydrogens is 456 g/mol. The highest BCUT2D eigenvalue weighted by atomic mass is 16.6. The maximum Gasteiger partial charge on any atom is 0.338 e. The van der Waals surface area contributed by atoms with Crippen LogP contribution in [-0.2, 0) is 28.6 Å². The van der Waals surface area contributed by atoms with Gasteiger partial charge in [-0.2, -0.15) is 0 Å². The SMILES string of the molecule is C=CC(=O)OCCC(=O)OCCCCCCOc1ccc(C(=O)O[C@H]2CC[C@H](C(=O)O)CC2)cc1. The maximum atomic E-state index is 12.3. The molecule has 0 amide bonds. The summed E-state index contributed by atoms with van der Waals surface area (Å²) >= 11 is 0. The molecule has 1 saturated carbocycles. The van der Waals surface area contributed by atoms with Crippen LogP contribution in [0.5, 0.6) is 5.75 Å². The topological polar surface area (TPSA) is 125 Å². The zero-order valence-electron chi connectivity index (χ0n) is 19.9. The number of rotatable bonds is 15. The van der Waals surface area contributed by atoms with Crippen molar-refractivity contribution in [1.82, 2.24) is 0 Å². The standard InChI is InChI=1S/C26H34O9/c1-2-23(27)34-18-15-24(28)33-17-6-4-3-5-16-32-21-11-9-20(10-12-21)26(31)35-22-13-7-19(8-14-22)25(29)30/h2,9-12,19,22H,1,3-8,13-18H2,(H,29,30)/t19-,22-. The third kappa shape index (κ3) is 11.1. The monoisotopic (exact) mass is 490 g/mol. The van der Waals surface area contributed by atoms with E-state index in [1.807, 2.05) is 0 Å². The van der Waals surface area contributed by atoms with Crippen molar-refractivity contribution in [3.05, 3.63) is 42.5 Å². The first-order valence-electron chi connectivity index (χ1n) is 12.0. The number of aliphatic carboxylic acids is 1. The lowest BCUT2D eigenvalue weighted by atomic mass is 9.87. The molecule has 9 nitrogen and oxygen atoms in total. The predicted octanol–water partition coefficient (Wildman–Crippen LogP) is 4.09. The molecule has 0 unspecified atom stereocenters. The zero-order chi connectivity index (χ0) is 25.5. The Morgan fingerprint density at radius 3 is 2.17 bits per heavy atom. The number of unbranched alkanes of at least 4 members (excludes halogenated alkanes) is 3. The van der Waals surface area contributed by atoms with Crippen LogP contribution in [0.2, 0.25) is 0 Å². The molecular formula is C26H34O9. The summed E-state index contributed by atoms with van der Waals surface area (Å²) in [7, 11) is 0. The van der Waals surface area contributed by atoms with E-state index in [0.29, 0.717) is 50.2 Å². The summed E-state index contributed by atoms with van der Waals surface area (Å²) in [4.78, 5) is 45.7. The van der Waals surface area contributed by atoms with Crippen LogP contribution >= 0.6 is 0 Å². The number of hydrogen-bond acceptors (Lipinski definition) is 8.